The number of benzene rings is 1. The van der Waals surface area contributed by atoms with Crippen LogP contribution in [0.5, 0.6) is 5.75 Å². The van der Waals surface area contributed by atoms with Gasteiger partial charge in [-0.2, -0.15) is 0 Å². The van der Waals surface area contributed by atoms with Crippen LogP contribution in [-0.4, -0.2) is 13.0 Å². The number of hydrogen-bond acceptors (Lipinski definition) is 2. The van der Waals surface area contributed by atoms with Crippen LogP contribution in [0.4, 0.5) is 0 Å². The molecule has 0 saturated heterocycles. The molecule has 0 spiro atoms. The molecule has 1 N–H and O–H groups in total. The van der Waals surface area contributed by atoms with Gasteiger partial charge in [0.25, 0.3) is 0 Å². The molecule has 0 bridgehead atoms. The fraction of sp³-hybridized carbons (Fsp3) is 0.417. The molecule has 0 unspecified atom stereocenters. The second-order valence-corrected chi connectivity index (χ2v) is 3.72. The Morgan fingerprint density at radius 1 is 1.33 bits per heavy atom. The summed E-state index contributed by atoms with van der Waals surface area (Å²) < 4.78 is 5.05. The lowest BCUT2D eigenvalue weighted by Gasteiger charge is -2.08. The van der Waals surface area contributed by atoms with Crippen molar-refractivity contribution in [3.05, 3.63) is 29.8 Å². The van der Waals surface area contributed by atoms with Crippen molar-refractivity contribution in [2.45, 2.75) is 20.4 Å². The Kier molecular flexibility index (Phi) is 4.16. The fourth-order valence-corrected chi connectivity index (χ4v) is 1.14. The predicted molar refractivity (Wildman–Crippen MR) is 59.7 cm³/mol. The minimum absolute atomic E-state index is 0.0308. The molecule has 15 heavy (non-hydrogen) atoms. The zero-order valence-corrected chi connectivity index (χ0v) is 9.41. The van der Waals surface area contributed by atoms with Gasteiger partial charge in [0.1, 0.15) is 5.75 Å². The molecular formula is C12H17NO2. The van der Waals surface area contributed by atoms with E-state index in [1.54, 1.807) is 7.11 Å². The van der Waals surface area contributed by atoms with Crippen LogP contribution >= 0.6 is 0 Å². The van der Waals surface area contributed by atoms with Gasteiger partial charge in [-0.05, 0) is 17.7 Å². The second-order valence-electron chi connectivity index (χ2n) is 3.72. The summed E-state index contributed by atoms with van der Waals surface area (Å²) in [4.78, 5) is 11.3. The highest BCUT2D eigenvalue weighted by atomic mass is 16.5. The highest BCUT2D eigenvalue weighted by molar-refractivity contribution is 5.77. The van der Waals surface area contributed by atoms with E-state index in [-0.39, 0.29) is 11.8 Å². The minimum Gasteiger partial charge on any atom is -0.497 e. The van der Waals surface area contributed by atoms with Gasteiger partial charge in [0.05, 0.1) is 7.11 Å². The number of ether oxygens (including phenoxy) is 1. The van der Waals surface area contributed by atoms with E-state index < -0.39 is 0 Å². The molecule has 0 heterocycles. The number of hydrogen-bond donors (Lipinski definition) is 1. The topological polar surface area (TPSA) is 38.3 Å². The van der Waals surface area contributed by atoms with Gasteiger partial charge in [-0.15, -0.1) is 0 Å². The molecule has 1 amide bonds. The van der Waals surface area contributed by atoms with Gasteiger partial charge in [-0.3, -0.25) is 4.79 Å². The lowest BCUT2D eigenvalue weighted by Crippen LogP contribution is -2.26. The lowest BCUT2D eigenvalue weighted by molar-refractivity contribution is -0.124. The monoisotopic (exact) mass is 207 g/mol. The van der Waals surface area contributed by atoms with Crippen LogP contribution in [-0.2, 0) is 11.3 Å². The lowest BCUT2D eigenvalue weighted by atomic mass is 10.2. The standard InChI is InChI=1S/C12H17NO2/c1-9(2)12(14)13-8-10-4-6-11(15-3)7-5-10/h4-7,9H,8H2,1-3H3,(H,13,14). The van der Waals surface area contributed by atoms with Gasteiger partial charge in [-0.1, -0.05) is 26.0 Å². The second kappa shape index (κ2) is 5.39. The summed E-state index contributed by atoms with van der Waals surface area (Å²) in [7, 11) is 1.63. The van der Waals surface area contributed by atoms with Gasteiger partial charge in [-0.25, -0.2) is 0 Å². The highest BCUT2D eigenvalue weighted by Gasteiger charge is 2.05. The molecule has 0 aliphatic rings. The molecule has 82 valence electrons. The molecule has 1 rings (SSSR count). The molecule has 0 fully saturated rings. The van der Waals surface area contributed by atoms with Crippen molar-refractivity contribution in [1.29, 1.82) is 0 Å². The van der Waals surface area contributed by atoms with Gasteiger partial charge in [0.2, 0.25) is 5.91 Å². The molecule has 0 saturated carbocycles. The maximum absolute atomic E-state index is 11.3. The number of carbonyl (C=O) groups excluding carboxylic acids is 1. The summed E-state index contributed by atoms with van der Waals surface area (Å²) >= 11 is 0. The summed E-state index contributed by atoms with van der Waals surface area (Å²) in [5, 5.41) is 2.86. The largest absolute Gasteiger partial charge is 0.497 e. The van der Waals surface area contributed by atoms with Crippen LogP contribution in [0, 0.1) is 5.92 Å². The summed E-state index contributed by atoms with van der Waals surface area (Å²) in [5.41, 5.74) is 1.07. The Hall–Kier alpha value is -1.51. The summed E-state index contributed by atoms with van der Waals surface area (Å²) in [6.45, 7) is 4.33. The van der Waals surface area contributed by atoms with Crippen molar-refractivity contribution in [2.75, 3.05) is 7.11 Å². The van der Waals surface area contributed by atoms with Crippen molar-refractivity contribution in [3.63, 3.8) is 0 Å². The van der Waals surface area contributed by atoms with E-state index in [9.17, 15) is 4.79 Å². The van der Waals surface area contributed by atoms with Crippen molar-refractivity contribution in [1.82, 2.24) is 5.32 Å². The average molecular weight is 207 g/mol. The summed E-state index contributed by atoms with van der Waals surface area (Å²) in [6.07, 6.45) is 0. The van der Waals surface area contributed by atoms with Crippen LogP contribution in [0.15, 0.2) is 24.3 Å². The van der Waals surface area contributed by atoms with E-state index in [0.29, 0.717) is 6.54 Å². The van der Waals surface area contributed by atoms with Crippen LogP contribution in [0.1, 0.15) is 19.4 Å². The fourth-order valence-electron chi connectivity index (χ4n) is 1.14. The molecule has 3 heteroatoms. The smallest absolute Gasteiger partial charge is 0.222 e. The molecule has 0 aliphatic heterocycles. The molecule has 0 radical (unpaired) electrons. The third-order valence-electron chi connectivity index (χ3n) is 2.15. The Balaban J connectivity index is 2.47. The third kappa shape index (κ3) is 3.62. The van der Waals surface area contributed by atoms with Crippen LogP contribution in [0.2, 0.25) is 0 Å². The van der Waals surface area contributed by atoms with Crippen molar-refractivity contribution < 1.29 is 9.53 Å². The first-order chi connectivity index (χ1) is 7.13. The normalized spacial score (nSPS) is 10.1. The average Bonchev–Trinajstić information content (AvgIpc) is 2.26. The van der Waals surface area contributed by atoms with E-state index in [1.165, 1.54) is 0 Å². The SMILES string of the molecule is COc1ccc(CNC(=O)C(C)C)cc1. The molecule has 0 atom stereocenters. The van der Waals surface area contributed by atoms with Crippen LogP contribution < -0.4 is 10.1 Å². The van der Waals surface area contributed by atoms with E-state index in [1.807, 2.05) is 38.1 Å². The first-order valence-electron chi connectivity index (χ1n) is 5.04. The predicted octanol–water partition coefficient (Wildman–Crippen LogP) is 1.97. The molecule has 1 aromatic carbocycles. The molecule has 0 aromatic heterocycles. The van der Waals surface area contributed by atoms with Gasteiger partial charge >= 0.3 is 0 Å². The van der Waals surface area contributed by atoms with Crippen LogP contribution in [0.3, 0.4) is 0 Å². The van der Waals surface area contributed by atoms with E-state index in [0.717, 1.165) is 11.3 Å². The first kappa shape index (κ1) is 11.6. The first-order valence-corrected chi connectivity index (χ1v) is 5.04. The van der Waals surface area contributed by atoms with E-state index in [2.05, 4.69) is 5.32 Å². The summed E-state index contributed by atoms with van der Waals surface area (Å²) in [5.74, 6) is 0.933. The number of amides is 1. The quantitative estimate of drug-likeness (QED) is 0.819. The van der Waals surface area contributed by atoms with Crippen molar-refractivity contribution >= 4 is 5.91 Å². The molecular weight excluding hydrogens is 190 g/mol. The minimum atomic E-state index is 0.0308. The van der Waals surface area contributed by atoms with Gasteiger partial charge in [0, 0.05) is 12.5 Å². The number of methoxy groups -OCH3 is 1. The Labute approximate surface area is 90.4 Å². The summed E-state index contributed by atoms with van der Waals surface area (Å²) in [6, 6.07) is 7.66. The third-order valence-corrected chi connectivity index (χ3v) is 2.15. The van der Waals surface area contributed by atoms with E-state index in [4.69, 9.17) is 4.74 Å². The Morgan fingerprint density at radius 2 is 1.93 bits per heavy atom. The van der Waals surface area contributed by atoms with E-state index >= 15 is 0 Å². The van der Waals surface area contributed by atoms with Crippen molar-refractivity contribution in [2.24, 2.45) is 5.92 Å². The Morgan fingerprint density at radius 3 is 2.40 bits per heavy atom. The van der Waals surface area contributed by atoms with Crippen molar-refractivity contribution in [3.8, 4) is 5.75 Å². The zero-order valence-electron chi connectivity index (χ0n) is 9.41. The maximum atomic E-state index is 11.3. The zero-order chi connectivity index (χ0) is 11.3. The maximum Gasteiger partial charge on any atom is 0.222 e. The number of rotatable bonds is 4. The molecule has 3 nitrogen and oxygen atoms in total. The van der Waals surface area contributed by atoms with Crippen LogP contribution in [0.25, 0.3) is 0 Å². The highest BCUT2D eigenvalue weighted by Crippen LogP contribution is 2.10. The molecule has 0 aliphatic carbocycles. The number of carbonyl (C=O) groups is 1. The Bertz CT molecular complexity index is 317. The molecule has 1 aromatic rings. The van der Waals surface area contributed by atoms with Gasteiger partial charge < -0.3 is 10.1 Å². The number of nitrogens with one attached hydrogen (secondary N) is 1. The van der Waals surface area contributed by atoms with Gasteiger partial charge in [0.15, 0.2) is 0 Å².